The number of likely N-dealkylation sites (tertiary alicyclic amines) is 1. The minimum Gasteiger partial charge on any atom is -0.338 e. The molecule has 0 spiro atoms. The number of aromatic amines is 1. The molecule has 3 heterocycles. The van der Waals surface area contributed by atoms with E-state index >= 15 is 0 Å². The van der Waals surface area contributed by atoms with Crippen molar-refractivity contribution >= 4 is 17.2 Å². The molecule has 0 unspecified atom stereocenters. The number of piperidine rings is 1. The number of aryl methyl sites for hydroxylation is 1. The Kier molecular flexibility index (Phi) is 3.48. The van der Waals surface area contributed by atoms with Gasteiger partial charge in [-0.1, -0.05) is 0 Å². The Labute approximate surface area is 133 Å². The molecule has 0 radical (unpaired) electrons. The summed E-state index contributed by atoms with van der Waals surface area (Å²) in [6.45, 7) is 3.62. The number of amides is 1. The van der Waals surface area contributed by atoms with Gasteiger partial charge >= 0.3 is 0 Å². The Hall–Kier alpha value is -1.69. The number of nitrogens with zero attached hydrogens (tertiary/aromatic N) is 3. The van der Waals surface area contributed by atoms with Crippen molar-refractivity contribution in [3.63, 3.8) is 0 Å². The van der Waals surface area contributed by atoms with Gasteiger partial charge in [-0.3, -0.25) is 9.89 Å². The van der Waals surface area contributed by atoms with Crippen molar-refractivity contribution < 1.29 is 4.79 Å². The molecule has 0 atom stereocenters. The summed E-state index contributed by atoms with van der Waals surface area (Å²) >= 11 is 1.54. The van der Waals surface area contributed by atoms with Gasteiger partial charge < -0.3 is 4.90 Å². The largest absolute Gasteiger partial charge is 0.338 e. The molecule has 4 rings (SSSR count). The van der Waals surface area contributed by atoms with Crippen LogP contribution >= 0.6 is 11.3 Å². The van der Waals surface area contributed by atoms with Crippen molar-refractivity contribution in [1.29, 1.82) is 0 Å². The van der Waals surface area contributed by atoms with Crippen molar-refractivity contribution in [1.82, 2.24) is 20.1 Å². The standard InChI is InChI=1S/C16H20N4OS/c1-10-6-9-22-13(10)16(21)20-7-4-12(5-8-20)15-17-14(18-19-15)11-2-3-11/h6,9,11-12H,2-5,7-8H2,1H3,(H,17,18,19). The fraction of sp³-hybridized carbons (Fsp3) is 0.562. The van der Waals surface area contributed by atoms with E-state index in [-0.39, 0.29) is 5.91 Å². The molecule has 2 aromatic heterocycles. The van der Waals surface area contributed by atoms with Crippen LogP contribution in [-0.2, 0) is 0 Å². The first-order valence-electron chi connectivity index (χ1n) is 7.98. The fourth-order valence-electron chi connectivity index (χ4n) is 3.09. The van der Waals surface area contributed by atoms with E-state index in [2.05, 4.69) is 15.2 Å². The van der Waals surface area contributed by atoms with Gasteiger partial charge in [0, 0.05) is 24.9 Å². The van der Waals surface area contributed by atoms with Crippen LogP contribution < -0.4 is 0 Å². The predicted octanol–water partition coefficient (Wildman–Crippen LogP) is 3.07. The number of H-pyrrole nitrogens is 1. The lowest BCUT2D eigenvalue weighted by Gasteiger charge is -2.30. The van der Waals surface area contributed by atoms with Crippen LogP contribution in [0.2, 0.25) is 0 Å². The molecule has 6 heteroatoms. The Balaban J connectivity index is 1.39. The molecule has 22 heavy (non-hydrogen) atoms. The van der Waals surface area contributed by atoms with Gasteiger partial charge in [-0.05, 0) is 49.6 Å². The molecule has 1 amide bonds. The quantitative estimate of drug-likeness (QED) is 0.946. The van der Waals surface area contributed by atoms with Crippen LogP contribution in [0.5, 0.6) is 0 Å². The number of carbonyl (C=O) groups excluding carboxylic acids is 1. The lowest BCUT2D eigenvalue weighted by Crippen LogP contribution is -2.38. The van der Waals surface area contributed by atoms with E-state index in [0.29, 0.717) is 11.8 Å². The van der Waals surface area contributed by atoms with E-state index in [4.69, 9.17) is 0 Å². The van der Waals surface area contributed by atoms with E-state index < -0.39 is 0 Å². The van der Waals surface area contributed by atoms with Crippen molar-refractivity contribution in [3.05, 3.63) is 33.5 Å². The molecule has 5 nitrogen and oxygen atoms in total. The zero-order valence-corrected chi connectivity index (χ0v) is 13.5. The average molecular weight is 316 g/mol. The SMILES string of the molecule is Cc1ccsc1C(=O)N1CCC(c2nc(C3CC3)n[nH]2)CC1. The van der Waals surface area contributed by atoms with Gasteiger partial charge in [-0.15, -0.1) is 11.3 Å². The third kappa shape index (κ3) is 2.56. The molecule has 1 aliphatic heterocycles. The lowest BCUT2D eigenvalue weighted by molar-refractivity contribution is 0.0715. The zero-order chi connectivity index (χ0) is 15.1. The van der Waals surface area contributed by atoms with E-state index in [1.54, 1.807) is 11.3 Å². The van der Waals surface area contributed by atoms with Gasteiger partial charge in [0.15, 0.2) is 5.82 Å². The van der Waals surface area contributed by atoms with Gasteiger partial charge in [0.1, 0.15) is 5.82 Å². The van der Waals surface area contributed by atoms with Crippen LogP contribution in [0.15, 0.2) is 11.4 Å². The Morgan fingerprint density at radius 3 is 2.68 bits per heavy atom. The van der Waals surface area contributed by atoms with Gasteiger partial charge in [0.25, 0.3) is 5.91 Å². The first kappa shape index (κ1) is 13.9. The van der Waals surface area contributed by atoms with E-state index in [1.807, 2.05) is 23.3 Å². The van der Waals surface area contributed by atoms with E-state index in [0.717, 1.165) is 48.0 Å². The molecule has 1 saturated heterocycles. The molecule has 2 fully saturated rings. The normalized spacial score (nSPS) is 19.6. The van der Waals surface area contributed by atoms with E-state index in [9.17, 15) is 4.79 Å². The first-order valence-corrected chi connectivity index (χ1v) is 8.86. The maximum absolute atomic E-state index is 12.5. The summed E-state index contributed by atoms with van der Waals surface area (Å²) in [6.07, 6.45) is 4.39. The molecule has 0 aromatic carbocycles. The van der Waals surface area contributed by atoms with Crippen molar-refractivity contribution in [2.45, 2.75) is 44.4 Å². The minimum absolute atomic E-state index is 0.183. The second-order valence-electron chi connectivity index (χ2n) is 6.35. The molecule has 1 aliphatic carbocycles. The Morgan fingerprint density at radius 2 is 2.05 bits per heavy atom. The summed E-state index contributed by atoms with van der Waals surface area (Å²) in [7, 11) is 0. The Morgan fingerprint density at radius 1 is 1.27 bits per heavy atom. The smallest absolute Gasteiger partial charge is 0.264 e. The highest BCUT2D eigenvalue weighted by Crippen LogP contribution is 2.38. The van der Waals surface area contributed by atoms with Crippen molar-refractivity contribution in [3.8, 4) is 0 Å². The van der Waals surface area contributed by atoms with Crippen LogP contribution in [0.4, 0.5) is 0 Å². The second kappa shape index (κ2) is 5.50. The van der Waals surface area contributed by atoms with Gasteiger partial charge in [-0.25, -0.2) is 4.98 Å². The number of nitrogens with one attached hydrogen (secondary N) is 1. The minimum atomic E-state index is 0.183. The second-order valence-corrected chi connectivity index (χ2v) is 7.27. The molecule has 1 saturated carbocycles. The zero-order valence-electron chi connectivity index (χ0n) is 12.7. The summed E-state index contributed by atoms with van der Waals surface area (Å²) in [5.41, 5.74) is 1.08. The summed E-state index contributed by atoms with van der Waals surface area (Å²) in [5, 5.41) is 9.45. The molecule has 2 aromatic rings. The number of carbonyl (C=O) groups is 1. The lowest BCUT2D eigenvalue weighted by atomic mass is 9.96. The van der Waals surface area contributed by atoms with Crippen LogP contribution in [0, 0.1) is 6.92 Å². The molecule has 2 aliphatic rings. The fourth-order valence-corrected chi connectivity index (χ4v) is 3.98. The number of thiophene rings is 1. The van der Waals surface area contributed by atoms with Crippen LogP contribution in [0.25, 0.3) is 0 Å². The molecule has 1 N–H and O–H groups in total. The average Bonchev–Trinajstić information content (AvgIpc) is 3.12. The number of hydrogen-bond acceptors (Lipinski definition) is 4. The summed E-state index contributed by atoms with van der Waals surface area (Å²) in [5.74, 6) is 3.19. The number of rotatable bonds is 3. The van der Waals surface area contributed by atoms with Gasteiger partial charge in [0.05, 0.1) is 4.88 Å². The number of aromatic nitrogens is 3. The molecule has 0 bridgehead atoms. The van der Waals surface area contributed by atoms with Crippen molar-refractivity contribution in [2.75, 3.05) is 13.1 Å². The summed E-state index contributed by atoms with van der Waals surface area (Å²) in [6, 6.07) is 2.01. The highest BCUT2D eigenvalue weighted by molar-refractivity contribution is 7.12. The Bertz CT molecular complexity index is 680. The third-order valence-electron chi connectivity index (χ3n) is 4.69. The topological polar surface area (TPSA) is 61.9 Å². The van der Waals surface area contributed by atoms with E-state index in [1.165, 1.54) is 12.8 Å². The molecular formula is C16H20N4OS. The molecular weight excluding hydrogens is 296 g/mol. The maximum atomic E-state index is 12.5. The van der Waals surface area contributed by atoms with Crippen molar-refractivity contribution in [2.24, 2.45) is 0 Å². The first-order chi connectivity index (χ1) is 10.7. The van der Waals surface area contributed by atoms with Crippen LogP contribution in [0.3, 0.4) is 0 Å². The third-order valence-corrected chi connectivity index (χ3v) is 5.69. The monoisotopic (exact) mass is 316 g/mol. The predicted molar refractivity (Wildman–Crippen MR) is 85.3 cm³/mol. The van der Waals surface area contributed by atoms with Crippen LogP contribution in [-0.4, -0.2) is 39.1 Å². The highest BCUT2D eigenvalue weighted by atomic mass is 32.1. The van der Waals surface area contributed by atoms with Crippen LogP contribution in [0.1, 0.15) is 64.4 Å². The summed E-state index contributed by atoms with van der Waals surface area (Å²) in [4.78, 5) is 20.1. The summed E-state index contributed by atoms with van der Waals surface area (Å²) < 4.78 is 0. The highest BCUT2D eigenvalue weighted by Gasteiger charge is 2.31. The molecule has 116 valence electrons. The van der Waals surface area contributed by atoms with Gasteiger partial charge in [-0.2, -0.15) is 5.10 Å². The number of hydrogen-bond donors (Lipinski definition) is 1. The van der Waals surface area contributed by atoms with Gasteiger partial charge in [0.2, 0.25) is 0 Å². The maximum Gasteiger partial charge on any atom is 0.264 e.